The number of thiocarbonyl (C=S) groups is 1. The van der Waals surface area contributed by atoms with Crippen LogP contribution >= 0.6 is 35.4 Å². The Hall–Kier alpha value is -3.06. The number of rotatable bonds is 6. The topological polar surface area (TPSA) is 50.5 Å². The van der Waals surface area contributed by atoms with Gasteiger partial charge in [0, 0.05) is 17.4 Å². The van der Waals surface area contributed by atoms with Gasteiger partial charge in [-0.25, -0.2) is 0 Å². The Labute approximate surface area is 213 Å². The predicted molar refractivity (Wildman–Crippen MR) is 140 cm³/mol. The van der Waals surface area contributed by atoms with Gasteiger partial charge in [0.2, 0.25) is 0 Å². The summed E-state index contributed by atoms with van der Waals surface area (Å²) in [6, 6.07) is 22.5. The monoisotopic (exact) mass is 509 g/mol. The lowest BCUT2D eigenvalue weighted by Crippen LogP contribution is -2.29. The molecule has 172 valence electrons. The van der Waals surface area contributed by atoms with Gasteiger partial charge in [0.05, 0.1) is 28.4 Å². The van der Waals surface area contributed by atoms with Gasteiger partial charge < -0.3 is 19.4 Å². The predicted octanol–water partition coefficient (Wildman–Crippen LogP) is 7.22. The van der Waals surface area contributed by atoms with Gasteiger partial charge in [-0.3, -0.25) is 4.98 Å². The molecule has 0 spiro atoms. The number of furan rings is 1. The van der Waals surface area contributed by atoms with Crippen molar-refractivity contribution in [1.82, 2.24) is 10.3 Å². The molecule has 34 heavy (non-hydrogen) atoms. The van der Waals surface area contributed by atoms with Crippen molar-refractivity contribution >= 4 is 46.2 Å². The van der Waals surface area contributed by atoms with Crippen LogP contribution in [0, 0.1) is 0 Å². The van der Waals surface area contributed by atoms with E-state index in [4.69, 9.17) is 44.6 Å². The molecule has 0 amide bonds. The fraction of sp³-hybridized carbons (Fsp3) is 0.154. The summed E-state index contributed by atoms with van der Waals surface area (Å²) in [5.41, 5.74) is 2.51. The number of ether oxygens (including phenoxy) is 1. The summed E-state index contributed by atoms with van der Waals surface area (Å²) in [5, 5.41) is 4.95. The average molecular weight is 510 g/mol. The molecule has 4 aromatic rings. The van der Waals surface area contributed by atoms with E-state index in [1.165, 1.54) is 0 Å². The molecule has 5 rings (SSSR count). The lowest BCUT2D eigenvalue weighted by molar-refractivity contribution is 0.340. The third-order valence-corrected chi connectivity index (χ3v) is 6.79. The van der Waals surface area contributed by atoms with Crippen molar-refractivity contribution in [2.75, 3.05) is 11.5 Å². The summed E-state index contributed by atoms with van der Waals surface area (Å²) in [4.78, 5) is 6.63. The van der Waals surface area contributed by atoms with Crippen molar-refractivity contribution in [3.63, 3.8) is 0 Å². The van der Waals surface area contributed by atoms with E-state index in [2.05, 4.69) is 10.3 Å². The number of benzene rings is 2. The maximum Gasteiger partial charge on any atom is 0.174 e. The van der Waals surface area contributed by atoms with Gasteiger partial charge in [0.1, 0.15) is 23.3 Å². The van der Waals surface area contributed by atoms with Crippen molar-refractivity contribution in [3.8, 4) is 17.1 Å². The van der Waals surface area contributed by atoms with Crippen LogP contribution in [-0.2, 0) is 0 Å². The highest BCUT2D eigenvalue weighted by atomic mass is 35.5. The normalized spacial score (nSPS) is 17.6. The molecule has 1 saturated heterocycles. The molecule has 0 bridgehead atoms. The molecule has 8 heteroatoms. The van der Waals surface area contributed by atoms with Crippen molar-refractivity contribution in [1.29, 1.82) is 0 Å². The Balaban J connectivity index is 1.58. The SMILES string of the molecule is CCOc1ccc(N2C(=S)N[C@H](c3ccccn3)[C@@H]2c2ccc(-c3cccc(Cl)c3Cl)o2)cc1. The number of hydrogen-bond donors (Lipinski definition) is 1. The Morgan fingerprint density at radius 1 is 1.03 bits per heavy atom. The second-order valence-electron chi connectivity index (χ2n) is 7.73. The molecule has 1 aliphatic heterocycles. The van der Waals surface area contributed by atoms with Crippen molar-refractivity contribution in [2.24, 2.45) is 0 Å². The number of nitrogens with zero attached hydrogens (tertiary/aromatic N) is 2. The zero-order chi connectivity index (χ0) is 23.7. The summed E-state index contributed by atoms with van der Waals surface area (Å²) in [7, 11) is 0. The number of halogens is 2. The van der Waals surface area contributed by atoms with E-state index in [9.17, 15) is 0 Å². The minimum Gasteiger partial charge on any atom is -0.494 e. The van der Waals surface area contributed by atoms with Crippen LogP contribution < -0.4 is 15.0 Å². The van der Waals surface area contributed by atoms with Gasteiger partial charge >= 0.3 is 0 Å². The standard InChI is InChI=1S/C26H21Cl2N3O2S/c1-2-32-17-11-9-16(10-12-17)31-25(24(30-26(31)34)20-8-3-4-15-29-20)22-14-13-21(33-22)18-6-5-7-19(27)23(18)28/h3-15,24-25H,2H2,1H3,(H,30,34)/t24-,25+/m1/s1. The fourth-order valence-electron chi connectivity index (χ4n) is 4.14. The maximum atomic E-state index is 6.45. The molecule has 2 atom stereocenters. The Bertz CT molecular complexity index is 1310. The lowest BCUT2D eigenvalue weighted by Gasteiger charge is -2.26. The van der Waals surface area contributed by atoms with Gasteiger partial charge in [0.25, 0.3) is 0 Å². The Morgan fingerprint density at radius 3 is 2.59 bits per heavy atom. The molecule has 2 aromatic heterocycles. The van der Waals surface area contributed by atoms with E-state index in [1.807, 2.05) is 78.6 Å². The molecule has 0 unspecified atom stereocenters. The first-order valence-corrected chi connectivity index (χ1v) is 12.0. The highest BCUT2D eigenvalue weighted by Gasteiger charge is 2.42. The zero-order valence-corrected chi connectivity index (χ0v) is 20.6. The van der Waals surface area contributed by atoms with Crippen molar-refractivity contribution in [2.45, 2.75) is 19.0 Å². The third kappa shape index (κ3) is 4.25. The summed E-state index contributed by atoms with van der Waals surface area (Å²) in [5.74, 6) is 2.16. The minimum absolute atomic E-state index is 0.214. The Morgan fingerprint density at radius 2 is 1.85 bits per heavy atom. The van der Waals surface area contributed by atoms with Gasteiger partial charge in [-0.15, -0.1) is 0 Å². The second-order valence-corrected chi connectivity index (χ2v) is 8.90. The fourth-order valence-corrected chi connectivity index (χ4v) is 4.88. The molecule has 0 radical (unpaired) electrons. The van der Waals surface area contributed by atoms with E-state index in [0.717, 1.165) is 28.5 Å². The summed E-state index contributed by atoms with van der Waals surface area (Å²) >= 11 is 18.5. The van der Waals surface area contributed by atoms with Gasteiger partial charge in [0.15, 0.2) is 5.11 Å². The van der Waals surface area contributed by atoms with Gasteiger partial charge in [-0.2, -0.15) is 0 Å². The summed E-state index contributed by atoms with van der Waals surface area (Å²) in [6.07, 6.45) is 1.77. The number of nitrogens with one attached hydrogen (secondary N) is 1. The molecule has 1 N–H and O–H groups in total. The van der Waals surface area contributed by atoms with E-state index >= 15 is 0 Å². The van der Waals surface area contributed by atoms with E-state index in [-0.39, 0.29) is 12.1 Å². The molecular weight excluding hydrogens is 489 g/mol. The third-order valence-electron chi connectivity index (χ3n) is 5.66. The summed E-state index contributed by atoms with van der Waals surface area (Å²) < 4.78 is 12.0. The molecule has 2 aromatic carbocycles. The molecular formula is C26H21Cl2N3O2S. The first-order valence-electron chi connectivity index (χ1n) is 10.8. The van der Waals surface area contributed by atoms with E-state index < -0.39 is 0 Å². The maximum absolute atomic E-state index is 6.45. The lowest BCUT2D eigenvalue weighted by atomic mass is 10.0. The quantitative estimate of drug-likeness (QED) is 0.276. The molecule has 1 fully saturated rings. The first kappa shape index (κ1) is 22.7. The van der Waals surface area contributed by atoms with Crippen LogP contribution in [0.3, 0.4) is 0 Å². The first-order chi connectivity index (χ1) is 16.6. The van der Waals surface area contributed by atoms with Crippen LogP contribution in [0.1, 0.15) is 30.5 Å². The second kappa shape index (κ2) is 9.66. The smallest absolute Gasteiger partial charge is 0.174 e. The van der Waals surface area contributed by atoms with E-state index in [0.29, 0.717) is 27.5 Å². The van der Waals surface area contributed by atoms with Crippen molar-refractivity contribution < 1.29 is 9.15 Å². The number of aromatic nitrogens is 1. The Kier molecular flexibility index (Phi) is 6.46. The molecule has 1 aliphatic rings. The van der Waals surface area contributed by atoms with Gasteiger partial charge in [-0.05, 0) is 79.8 Å². The van der Waals surface area contributed by atoms with Crippen LogP contribution in [0.5, 0.6) is 5.75 Å². The summed E-state index contributed by atoms with van der Waals surface area (Å²) in [6.45, 7) is 2.57. The number of anilines is 1. The number of hydrogen-bond acceptors (Lipinski definition) is 4. The highest BCUT2D eigenvalue weighted by Crippen LogP contribution is 2.44. The minimum atomic E-state index is -0.271. The molecule has 0 aliphatic carbocycles. The van der Waals surface area contributed by atoms with Crippen LogP contribution in [0.15, 0.2) is 83.4 Å². The van der Waals surface area contributed by atoms with Crippen LogP contribution in [0.25, 0.3) is 11.3 Å². The molecule has 0 saturated carbocycles. The number of pyridine rings is 1. The average Bonchev–Trinajstić information content (AvgIpc) is 3.47. The molecule has 5 nitrogen and oxygen atoms in total. The molecule has 3 heterocycles. The van der Waals surface area contributed by atoms with Crippen LogP contribution in [0.2, 0.25) is 10.0 Å². The van der Waals surface area contributed by atoms with Gasteiger partial charge in [-0.1, -0.05) is 35.3 Å². The van der Waals surface area contributed by atoms with Crippen molar-refractivity contribution in [3.05, 3.63) is 100 Å². The van der Waals surface area contributed by atoms with Crippen LogP contribution in [0.4, 0.5) is 5.69 Å². The largest absolute Gasteiger partial charge is 0.494 e. The van der Waals surface area contributed by atoms with E-state index in [1.54, 1.807) is 12.3 Å². The highest BCUT2D eigenvalue weighted by molar-refractivity contribution is 7.80. The zero-order valence-electron chi connectivity index (χ0n) is 18.2. The van der Waals surface area contributed by atoms with Crippen LogP contribution in [-0.4, -0.2) is 16.7 Å².